The van der Waals surface area contributed by atoms with Gasteiger partial charge in [-0.25, -0.2) is 0 Å². The van der Waals surface area contributed by atoms with Crippen LogP contribution in [0.5, 0.6) is 0 Å². The summed E-state index contributed by atoms with van der Waals surface area (Å²) in [5, 5.41) is 7.41. The molecule has 280 valence electrons. The molecule has 1 aromatic heterocycles. The predicted octanol–water partition coefficient (Wildman–Crippen LogP) is 9.34. The van der Waals surface area contributed by atoms with E-state index in [0.29, 0.717) is 0 Å². The molecule has 0 saturated heterocycles. The molecule has 8 aromatic carbocycles. The van der Waals surface area contributed by atoms with Crippen LogP contribution in [-0.2, 0) is 10.8 Å². The molecule has 1 spiro atoms. The average molecular weight is 779 g/mol. The maximum absolute atomic E-state index is 2.83. The van der Waals surface area contributed by atoms with Crippen LogP contribution in [0, 0.1) is 0 Å². The Morgan fingerprint density at radius 3 is 1.77 bits per heavy atom. The zero-order chi connectivity index (χ0) is 39.6. The quantitative estimate of drug-likeness (QED) is 0.140. The number of benzene rings is 8. The van der Waals surface area contributed by atoms with E-state index in [1.165, 1.54) is 127 Å². The molecule has 0 atom stereocenters. The first-order valence-corrected chi connectivity index (χ1v) is 23.7. The van der Waals surface area contributed by atoms with Crippen LogP contribution in [0.25, 0.3) is 55.5 Å². The third kappa shape index (κ3) is 3.25. The normalized spacial score (nSPS) is 17.0. The van der Waals surface area contributed by atoms with E-state index in [4.69, 9.17) is 0 Å². The van der Waals surface area contributed by atoms with E-state index in [-0.39, 0.29) is 17.7 Å². The number of hydrogen-bond acceptors (Lipinski definition) is 1. The van der Waals surface area contributed by atoms with Crippen molar-refractivity contribution in [3.8, 4) is 44.6 Å². The summed E-state index contributed by atoms with van der Waals surface area (Å²) in [5.41, 5.74) is 24.8. The summed E-state index contributed by atoms with van der Waals surface area (Å²) in [6, 6.07) is 64.0. The van der Waals surface area contributed by atoms with Crippen LogP contribution in [0.4, 0.5) is 17.1 Å². The number of para-hydroxylation sites is 3. The summed E-state index contributed by atoms with van der Waals surface area (Å²) in [5.74, 6) is 0. The second kappa shape index (κ2) is 10.2. The van der Waals surface area contributed by atoms with Gasteiger partial charge in [-0.2, -0.15) is 0 Å². The van der Waals surface area contributed by atoms with Crippen LogP contribution in [-0.4, -0.2) is 19.4 Å². The van der Waals surface area contributed by atoms with Gasteiger partial charge in [-0.15, -0.1) is 0 Å². The van der Waals surface area contributed by atoms with Gasteiger partial charge in [0.1, 0.15) is 0 Å². The fraction of sp³-hybridized carbons (Fsp3) is 0.107. The van der Waals surface area contributed by atoms with Gasteiger partial charge in [0.25, 0.3) is 0 Å². The zero-order valence-electron chi connectivity index (χ0n) is 34.1. The third-order valence-corrected chi connectivity index (χ3v) is 20.8. The topological polar surface area (TPSA) is 8.17 Å². The molecule has 0 saturated carbocycles. The monoisotopic (exact) mass is 778 g/mol. The van der Waals surface area contributed by atoms with Gasteiger partial charge in [-0.1, -0.05) is 179 Å². The molecular formula is C56H39BN2Si. The molecule has 5 heterocycles. The van der Waals surface area contributed by atoms with Crippen LogP contribution in [0.1, 0.15) is 49.9 Å². The van der Waals surface area contributed by atoms with Gasteiger partial charge in [-0.05, 0) is 93.9 Å². The Kier molecular flexibility index (Phi) is 5.49. The molecule has 0 N–H and O–H groups in total. The largest absolute Gasteiger partial charge is 0.375 e. The number of fused-ring (bicyclic) bond motifs is 22. The second-order valence-corrected chi connectivity index (χ2v) is 22.7. The number of aromatic nitrogens is 1. The molecule has 4 heteroatoms. The predicted molar refractivity (Wildman–Crippen MR) is 254 cm³/mol. The van der Waals surface area contributed by atoms with Crippen molar-refractivity contribution in [3.05, 3.63) is 186 Å². The fourth-order valence-electron chi connectivity index (χ4n) is 13.8. The third-order valence-electron chi connectivity index (χ3n) is 15.9. The average Bonchev–Trinajstić information content (AvgIpc) is 3.94. The SMILES string of the molecule is CC1(C)c2ccccc2-c2cc3c4c(c21)N1c2ccccc2[Si]2(c5ccccc5-c5ccccc52)c2cccc(c21)B4n1c2c(c4cccc-3c41)C(C)(C)c1ccccc1-2. The maximum Gasteiger partial charge on any atom is 0.333 e. The smallest absolute Gasteiger partial charge is 0.333 e. The number of hydrogen-bond donors (Lipinski definition) is 0. The van der Waals surface area contributed by atoms with Crippen molar-refractivity contribution in [2.75, 3.05) is 4.90 Å². The number of nitrogens with zero attached hydrogens (tertiary/aromatic N) is 2. The van der Waals surface area contributed by atoms with E-state index in [1.54, 1.807) is 0 Å². The van der Waals surface area contributed by atoms with Crippen molar-refractivity contribution in [3.63, 3.8) is 0 Å². The van der Waals surface area contributed by atoms with Crippen LogP contribution in [0.2, 0.25) is 0 Å². The molecule has 2 nitrogen and oxygen atoms in total. The highest BCUT2D eigenvalue weighted by Crippen LogP contribution is 2.60. The van der Waals surface area contributed by atoms with Gasteiger partial charge in [0.2, 0.25) is 0 Å². The highest BCUT2D eigenvalue weighted by molar-refractivity contribution is 7.24. The Morgan fingerprint density at radius 1 is 0.450 bits per heavy atom. The van der Waals surface area contributed by atoms with E-state index in [9.17, 15) is 0 Å². The lowest BCUT2D eigenvalue weighted by Gasteiger charge is -2.50. The van der Waals surface area contributed by atoms with Crippen LogP contribution >= 0.6 is 0 Å². The summed E-state index contributed by atoms with van der Waals surface area (Å²) in [4.78, 5) is 2.79. The van der Waals surface area contributed by atoms with Gasteiger partial charge < -0.3 is 9.38 Å². The van der Waals surface area contributed by atoms with E-state index in [0.717, 1.165) is 0 Å². The van der Waals surface area contributed by atoms with E-state index in [1.807, 2.05) is 0 Å². The summed E-state index contributed by atoms with van der Waals surface area (Å²) in [7, 11) is -2.81. The first kappa shape index (κ1) is 32.3. The minimum atomic E-state index is -2.81. The van der Waals surface area contributed by atoms with E-state index >= 15 is 0 Å². The zero-order valence-corrected chi connectivity index (χ0v) is 35.1. The lowest BCUT2D eigenvalue weighted by Crippen LogP contribution is -2.77. The second-order valence-electron chi connectivity index (χ2n) is 19.1. The van der Waals surface area contributed by atoms with Crippen molar-refractivity contribution in [2.45, 2.75) is 38.5 Å². The summed E-state index contributed by atoms with van der Waals surface area (Å²) in [6.45, 7) is 9.85. The van der Waals surface area contributed by atoms with Crippen molar-refractivity contribution < 1.29 is 0 Å². The Labute approximate surface area is 351 Å². The molecule has 2 aliphatic carbocycles. The van der Waals surface area contributed by atoms with Gasteiger partial charge >= 0.3 is 6.85 Å². The highest BCUT2D eigenvalue weighted by atomic mass is 28.3. The Hall–Kier alpha value is -6.62. The van der Waals surface area contributed by atoms with Crippen molar-refractivity contribution in [1.29, 1.82) is 0 Å². The standard InChI is InChI=1S/C56H39BN2Si/c1-55(2)40-23-9-5-17-32(40)38-31-39-35-21-15-22-37-48-52(36-20-6-10-24-41(36)56(48,3)4)59(51(35)37)57-42-25-16-30-47-53(42)58(54(49(38)55)50(39)57)43-26-11-14-29-46(43)60(47)44-27-12-7-18-33(44)34-19-8-13-28-45(34)60/h5-31H,1-4H3. The van der Waals surface area contributed by atoms with Crippen LogP contribution in [0.15, 0.2) is 164 Å². The van der Waals surface area contributed by atoms with Crippen molar-refractivity contribution >= 4 is 74.6 Å². The molecule has 60 heavy (non-hydrogen) atoms. The van der Waals surface area contributed by atoms with Gasteiger partial charge in [0.15, 0.2) is 8.07 Å². The molecular weight excluding hydrogens is 740 g/mol. The van der Waals surface area contributed by atoms with E-state index < -0.39 is 8.07 Å². The van der Waals surface area contributed by atoms with Crippen molar-refractivity contribution in [2.24, 2.45) is 0 Å². The number of rotatable bonds is 0. The van der Waals surface area contributed by atoms with Gasteiger partial charge in [0.05, 0.1) is 0 Å². The molecule has 0 amide bonds. The molecule has 0 radical (unpaired) electrons. The van der Waals surface area contributed by atoms with Crippen LogP contribution in [0.3, 0.4) is 0 Å². The van der Waals surface area contributed by atoms with Gasteiger partial charge in [-0.3, -0.25) is 0 Å². The Bertz CT molecular complexity index is 3490. The first-order chi connectivity index (χ1) is 29.3. The molecule has 0 fully saturated rings. The fourth-order valence-corrected chi connectivity index (χ4v) is 19.4. The molecule has 6 aliphatic rings. The molecule has 9 aromatic rings. The lowest BCUT2D eigenvalue weighted by molar-refractivity contribution is 0.661. The number of anilines is 3. The first-order valence-electron chi connectivity index (χ1n) is 21.7. The van der Waals surface area contributed by atoms with Crippen LogP contribution < -0.4 is 36.6 Å². The van der Waals surface area contributed by atoms with E-state index in [2.05, 4.69) is 201 Å². The maximum atomic E-state index is 2.83. The van der Waals surface area contributed by atoms with Gasteiger partial charge in [0, 0.05) is 55.6 Å². The summed E-state index contributed by atoms with van der Waals surface area (Å²) >= 11 is 0. The molecule has 0 unspecified atom stereocenters. The Morgan fingerprint density at radius 2 is 1.02 bits per heavy atom. The van der Waals surface area contributed by atoms with Crippen molar-refractivity contribution in [1.82, 2.24) is 4.48 Å². The minimum absolute atomic E-state index is 0.0164. The Balaban J connectivity index is 1.18. The molecule has 15 rings (SSSR count). The minimum Gasteiger partial charge on any atom is -0.375 e. The highest BCUT2D eigenvalue weighted by Gasteiger charge is 2.58. The molecule has 4 aliphatic heterocycles. The lowest BCUT2D eigenvalue weighted by atomic mass is 9.44. The summed E-state index contributed by atoms with van der Waals surface area (Å²) < 4.78 is 2.83. The molecule has 0 bridgehead atoms. The summed E-state index contributed by atoms with van der Waals surface area (Å²) in [6.07, 6.45) is 0.